The number of aliphatic hydroxyl groups excluding tert-OH is 1. The van der Waals surface area contributed by atoms with Crippen molar-refractivity contribution in [2.45, 2.75) is 50.7 Å². The number of hydrogen-bond donors (Lipinski definition) is 1. The van der Waals surface area contributed by atoms with Gasteiger partial charge in [-0.05, 0) is 56.6 Å². The molecule has 1 aromatic rings. The molecule has 1 aliphatic carbocycles. The van der Waals surface area contributed by atoms with Crippen LogP contribution in [0.15, 0.2) is 18.5 Å². The van der Waals surface area contributed by atoms with Crippen LogP contribution in [0, 0.1) is 12.8 Å². The minimum Gasteiger partial charge on any atom is -0.388 e. The fourth-order valence-electron chi connectivity index (χ4n) is 3.29. The van der Waals surface area contributed by atoms with E-state index in [1.165, 1.54) is 19.3 Å². The molecule has 0 aromatic carbocycles. The van der Waals surface area contributed by atoms with Crippen LogP contribution in [0.5, 0.6) is 0 Å². The molecule has 2 atom stereocenters. The molecule has 3 heteroatoms. The Labute approximate surface area is 108 Å². The SMILES string of the molecule is Cc1ccncc1C(O)C1CCOC2(CCC2)C1. The largest absolute Gasteiger partial charge is 0.388 e. The van der Waals surface area contributed by atoms with Crippen molar-refractivity contribution < 1.29 is 9.84 Å². The van der Waals surface area contributed by atoms with Crippen LogP contribution in [0.25, 0.3) is 0 Å². The van der Waals surface area contributed by atoms with Gasteiger partial charge in [0.1, 0.15) is 0 Å². The van der Waals surface area contributed by atoms with E-state index in [2.05, 4.69) is 4.98 Å². The number of ether oxygens (including phenoxy) is 1. The number of aromatic nitrogens is 1. The monoisotopic (exact) mass is 247 g/mol. The van der Waals surface area contributed by atoms with Crippen molar-refractivity contribution >= 4 is 0 Å². The maximum atomic E-state index is 10.6. The molecular formula is C15H21NO2. The zero-order valence-corrected chi connectivity index (χ0v) is 10.9. The molecule has 1 spiro atoms. The molecule has 1 aliphatic heterocycles. The molecule has 1 aromatic heterocycles. The summed E-state index contributed by atoms with van der Waals surface area (Å²) in [6.45, 7) is 2.83. The van der Waals surface area contributed by atoms with Crippen molar-refractivity contribution in [3.05, 3.63) is 29.6 Å². The average Bonchev–Trinajstić information content (AvgIpc) is 2.37. The molecule has 2 unspecified atom stereocenters. The van der Waals surface area contributed by atoms with Crippen LogP contribution in [0.1, 0.15) is 49.3 Å². The summed E-state index contributed by atoms with van der Waals surface area (Å²) in [4.78, 5) is 4.14. The summed E-state index contributed by atoms with van der Waals surface area (Å²) >= 11 is 0. The molecule has 3 nitrogen and oxygen atoms in total. The van der Waals surface area contributed by atoms with E-state index in [1.54, 1.807) is 6.20 Å². The van der Waals surface area contributed by atoms with Crippen LogP contribution in [-0.4, -0.2) is 22.3 Å². The summed E-state index contributed by atoms with van der Waals surface area (Å²) in [5.74, 6) is 0.321. The molecule has 0 radical (unpaired) electrons. The Morgan fingerprint density at radius 1 is 1.50 bits per heavy atom. The lowest BCUT2D eigenvalue weighted by Gasteiger charge is -2.48. The second kappa shape index (κ2) is 4.63. The molecule has 1 saturated carbocycles. The fourth-order valence-corrected chi connectivity index (χ4v) is 3.29. The summed E-state index contributed by atoms with van der Waals surface area (Å²) in [7, 11) is 0. The molecule has 98 valence electrons. The summed E-state index contributed by atoms with van der Waals surface area (Å²) in [6, 6.07) is 1.97. The van der Waals surface area contributed by atoms with Gasteiger partial charge in [0.15, 0.2) is 0 Å². The Bertz CT molecular complexity index is 428. The zero-order valence-electron chi connectivity index (χ0n) is 10.9. The van der Waals surface area contributed by atoms with Gasteiger partial charge in [-0.25, -0.2) is 0 Å². The zero-order chi connectivity index (χ0) is 12.6. The van der Waals surface area contributed by atoms with Crippen LogP contribution >= 0.6 is 0 Å². The minimum absolute atomic E-state index is 0.0972. The standard InChI is InChI=1S/C15H21NO2/c1-11-3-7-16-10-13(11)14(17)12-4-8-18-15(9-12)5-2-6-15/h3,7,10,12,14,17H,2,4-6,8-9H2,1H3. The lowest BCUT2D eigenvalue weighted by molar-refractivity contribution is -0.157. The van der Waals surface area contributed by atoms with Gasteiger partial charge in [-0.1, -0.05) is 0 Å². The molecule has 0 amide bonds. The molecule has 2 fully saturated rings. The highest BCUT2D eigenvalue weighted by atomic mass is 16.5. The third kappa shape index (κ3) is 2.06. The van der Waals surface area contributed by atoms with Crippen LogP contribution in [0.4, 0.5) is 0 Å². The van der Waals surface area contributed by atoms with E-state index in [1.807, 2.05) is 19.2 Å². The fraction of sp³-hybridized carbons (Fsp3) is 0.667. The summed E-state index contributed by atoms with van der Waals surface area (Å²) in [5.41, 5.74) is 2.21. The highest BCUT2D eigenvalue weighted by Gasteiger charge is 2.44. The number of aryl methyl sites for hydroxylation is 1. The van der Waals surface area contributed by atoms with Gasteiger partial charge < -0.3 is 9.84 Å². The van der Waals surface area contributed by atoms with Crippen molar-refractivity contribution in [2.24, 2.45) is 5.92 Å². The Kier molecular flexibility index (Phi) is 3.12. The summed E-state index contributed by atoms with van der Waals surface area (Å²) in [5, 5.41) is 10.6. The molecule has 18 heavy (non-hydrogen) atoms. The topological polar surface area (TPSA) is 42.4 Å². The lowest BCUT2D eigenvalue weighted by atomic mass is 9.70. The molecule has 2 aliphatic rings. The quantitative estimate of drug-likeness (QED) is 0.873. The second-order valence-electron chi connectivity index (χ2n) is 5.82. The summed E-state index contributed by atoms with van der Waals surface area (Å²) < 4.78 is 5.92. The van der Waals surface area contributed by atoms with Gasteiger partial charge in [0, 0.05) is 24.6 Å². The maximum absolute atomic E-state index is 10.6. The van der Waals surface area contributed by atoms with Gasteiger partial charge in [0.2, 0.25) is 0 Å². The van der Waals surface area contributed by atoms with Crippen molar-refractivity contribution in [1.29, 1.82) is 0 Å². The maximum Gasteiger partial charge on any atom is 0.0837 e. The highest BCUT2D eigenvalue weighted by Crippen LogP contribution is 2.47. The van der Waals surface area contributed by atoms with Crippen molar-refractivity contribution in [2.75, 3.05) is 6.61 Å². The molecular weight excluding hydrogens is 226 g/mol. The van der Waals surface area contributed by atoms with Gasteiger partial charge in [0.25, 0.3) is 0 Å². The second-order valence-corrected chi connectivity index (χ2v) is 5.82. The number of aliphatic hydroxyl groups is 1. The number of nitrogens with zero attached hydrogens (tertiary/aromatic N) is 1. The predicted molar refractivity (Wildman–Crippen MR) is 69.2 cm³/mol. The van der Waals surface area contributed by atoms with Crippen LogP contribution < -0.4 is 0 Å². The minimum atomic E-state index is -0.389. The van der Waals surface area contributed by atoms with E-state index in [0.717, 1.165) is 30.6 Å². The van der Waals surface area contributed by atoms with Gasteiger partial charge in [0.05, 0.1) is 11.7 Å². The summed E-state index contributed by atoms with van der Waals surface area (Å²) in [6.07, 6.45) is 8.77. The molecule has 1 saturated heterocycles. The number of rotatable bonds is 2. The van der Waals surface area contributed by atoms with Gasteiger partial charge >= 0.3 is 0 Å². The molecule has 3 rings (SSSR count). The predicted octanol–water partition coefficient (Wildman–Crippen LogP) is 2.77. The average molecular weight is 247 g/mol. The Morgan fingerprint density at radius 3 is 3.00 bits per heavy atom. The van der Waals surface area contributed by atoms with E-state index in [-0.39, 0.29) is 11.7 Å². The van der Waals surface area contributed by atoms with E-state index < -0.39 is 0 Å². The van der Waals surface area contributed by atoms with Crippen LogP contribution in [-0.2, 0) is 4.74 Å². The van der Waals surface area contributed by atoms with E-state index >= 15 is 0 Å². The third-order valence-electron chi connectivity index (χ3n) is 4.64. The number of hydrogen-bond acceptors (Lipinski definition) is 3. The van der Waals surface area contributed by atoms with Gasteiger partial charge in [-0.3, -0.25) is 4.98 Å². The Morgan fingerprint density at radius 2 is 2.33 bits per heavy atom. The van der Waals surface area contributed by atoms with Crippen molar-refractivity contribution in [3.63, 3.8) is 0 Å². The number of pyridine rings is 1. The van der Waals surface area contributed by atoms with Crippen molar-refractivity contribution in [3.8, 4) is 0 Å². The van der Waals surface area contributed by atoms with E-state index in [9.17, 15) is 5.11 Å². The third-order valence-corrected chi connectivity index (χ3v) is 4.64. The van der Waals surface area contributed by atoms with Gasteiger partial charge in [-0.15, -0.1) is 0 Å². The van der Waals surface area contributed by atoms with Crippen molar-refractivity contribution in [1.82, 2.24) is 4.98 Å². The first-order valence-electron chi connectivity index (χ1n) is 6.93. The Balaban J connectivity index is 1.76. The van der Waals surface area contributed by atoms with E-state index in [0.29, 0.717) is 5.92 Å². The van der Waals surface area contributed by atoms with Crippen LogP contribution in [0.2, 0.25) is 0 Å². The first-order chi connectivity index (χ1) is 8.70. The smallest absolute Gasteiger partial charge is 0.0837 e. The van der Waals surface area contributed by atoms with Crippen LogP contribution in [0.3, 0.4) is 0 Å². The molecule has 0 bridgehead atoms. The van der Waals surface area contributed by atoms with Gasteiger partial charge in [-0.2, -0.15) is 0 Å². The van der Waals surface area contributed by atoms with E-state index in [4.69, 9.17) is 4.74 Å². The molecule has 1 N–H and O–H groups in total. The normalized spacial score (nSPS) is 27.8. The Hall–Kier alpha value is -0.930. The first kappa shape index (κ1) is 12.1. The molecule has 2 heterocycles. The highest BCUT2D eigenvalue weighted by molar-refractivity contribution is 5.24. The lowest BCUT2D eigenvalue weighted by Crippen LogP contribution is -2.46. The first-order valence-corrected chi connectivity index (χ1v) is 6.93.